The number of nitrogens with one attached hydrogen (secondary N) is 1. The Kier molecular flexibility index (Phi) is 4.03. The fourth-order valence-corrected chi connectivity index (χ4v) is 2.05. The number of hydrogen-bond acceptors (Lipinski definition) is 2. The van der Waals surface area contributed by atoms with Gasteiger partial charge in [0.05, 0.1) is 11.6 Å². The highest BCUT2D eigenvalue weighted by Gasteiger charge is 2.07. The predicted molar refractivity (Wildman–Crippen MR) is 74.6 cm³/mol. The van der Waals surface area contributed by atoms with Crippen molar-refractivity contribution in [1.82, 2.24) is 0 Å². The first-order chi connectivity index (χ1) is 9.08. The second-order valence-electron chi connectivity index (χ2n) is 4.26. The summed E-state index contributed by atoms with van der Waals surface area (Å²) < 4.78 is 13.3. The van der Waals surface area contributed by atoms with Crippen molar-refractivity contribution in [2.24, 2.45) is 0 Å². The molecule has 96 valence electrons. The van der Waals surface area contributed by atoms with Crippen LogP contribution in [-0.2, 0) is 0 Å². The minimum Gasteiger partial charge on any atom is -0.378 e. The minimum atomic E-state index is -0.431. The Morgan fingerprint density at radius 3 is 2.74 bits per heavy atom. The molecule has 19 heavy (non-hydrogen) atoms. The number of anilines is 1. The van der Waals surface area contributed by atoms with Crippen LogP contribution in [0.5, 0.6) is 0 Å². The van der Waals surface area contributed by atoms with E-state index in [2.05, 4.69) is 5.32 Å². The smallest absolute Gasteiger partial charge is 0.126 e. The molecule has 0 bridgehead atoms. The third kappa shape index (κ3) is 3.46. The van der Waals surface area contributed by atoms with Crippen LogP contribution in [0, 0.1) is 17.1 Å². The van der Waals surface area contributed by atoms with Gasteiger partial charge in [0.15, 0.2) is 0 Å². The number of rotatable bonds is 3. The Morgan fingerprint density at radius 1 is 1.26 bits per heavy atom. The zero-order valence-corrected chi connectivity index (χ0v) is 11.1. The zero-order chi connectivity index (χ0) is 13.8. The normalized spacial score (nSPS) is 11.7. The van der Waals surface area contributed by atoms with Gasteiger partial charge in [-0.1, -0.05) is 23.7 Å². The summed E-state index contributed by atoms with van der Waals surface area (Å²) in [6.45, 7) is 1.95. The molecule has 2 nitrogen and oxygen atoms in total. The monoisotopic (exact) mass is 274 g/mol. The van der Waals surface area contributed by atoms with Crippen LogP contribution >= 0.6 is 11.6 Å². The number of nitrogens with zero attached hydrogens (tertiary/aromatic N) is 1. The molecule has 2 aromatic carbocycles. The van der Waals surface area contributed by atoms with Crippen molar-refractivity contribution in [3.8, 4) is 6.07 Å². The van der Waals surface area contributed by atoms with Crippen LogP contribution in [0.1, 0.15) is 24.1 Å². The van der Waals surface area contributed by atoms with Crippen LogP contribution in [0.25, 0.3) is 0 Å². The molecule has 0 saturated heterocycles. The van der Waals surface area contributed by atoms with Crippen LogP contribution in [0.3, 0.4) is 0 Å². The maximum Gasteiger partial charge on any atom is 0.126 e. The van der Waals surface area contributed by atoms with E-state index in [-0.39, 0.29) is 6.04 Å². The summed E-state index contributed by atoms with van der Waals surface area (Å²) in [6.07, 6.45) is 0. The molecular weight excluding hydrogens is 263 g/mol. The van der Waals surface area contributed by atoms with Gasteiger partial charge in [0.1, 0.15) is 5.82 Å². The Hall–Kier alpha value is -2.05. The highest BCUT2D eigenvalue weighted by molar-refractivity contribution is 6.30. The van der Waals surface area contributed by atoms with Crippen molar-refractivity contribution >= 4 is 17.3 Å². The fraction of sp³-hybridized carbons (Fsp3) is 0.133. The summed E-state index contributed by atoms with van der Waals surface area (Å²) in [7, 11) is 0. The summed E-state index contributed by atoms with van der Waals surface area (Å²) in [6, 6.07) is 13.5. The molecular formula is C15H12ClFN2. The lowest BCUT2D eigenvalue weighted by atomic mass is 10.1. The lowest BCUT2D eigenvalue weighted by Crippen LogP contribution is -2.07. The summed E-state index contributed by atoms with van der Waals surface area (Å²) in [5.41, 5.74) is 1.86. The minimum absolute atomic E-state index is 0.0351. The Balaban J connectivity index is 2.21. The first-order valence-corrected chi connectivity index (χ1v) is 6.19. The summed E-state index contributed by atoms with van der Waals surface area (Å²) >= 11 is 5.93. The van der Waals surface area contributed by atoms with Gasteiger partial charge in [0, 0.05) is 16.8 Å². The van der Waals surface area contributed by atoms with E-state index in [1.807, 2.05) is 31.2 Å². The highest BCUT2D eigenvalue weighted by Crippen LogP contribution is 2.23. The summed E-state index contributed by atoms with van der Waals surface area (Å²) in [4.78, 5) is 0. The molecule has 0 spiro atoms. The molecule has 0 saturated carbocycles. The SMILES string of the molecule is CC(Nc1cc(F)cc(C#N)c1)c1cccc(Cl)c1. The summed E-state index contributed by atoms with van der Waals surface area (Å²) in [5.74, 6) is -0.431. The van der Waals surface area contributed by atoms with E-state index in [4.69, 9.17) is 16.9 Å². The van der Waals surface area contributed by atoms with E-state index in [0.29, 0.717) is 16.3 Å². The fourth-order valence-electron chi connectivity index (χ4n) is 1.85. The Morgan fingerprint density at radius 2 is 2.05 bits per heavy atom. The van der Waals surface area contributed by atoms with Crippen molar-refractivity contribution in [3.63, 3.8) is 0 Å². The molecule has 0 aliphatic rings. The molecule has 1 N–H and O–H groups in total. The number of halogens is 2. The van der Waals surface area contributed by atoms with Gasteiger partial charge in [0.2, 0.25) is 0 Å². The summed E-state index contributed by atoms with van der Waals surface area (Å²) in [5, 5.41) is 12.6. The van der Waals surface area contributed by atoms with Gasteiger partial charge in [-0.2, -0.15) is 5.26 Å². The lowest BCUT2D eigenvalue weighted by Gasteiger charge is -2.16. The second-order valence-corrected chi connectivity index (χ2v) is 4.70. The van der Waals surface area contributed by atoms with Crippen molar-refractivity contribution in [2.75, 3.05) is 5.32 Å². The molecule has 4 heteroatoms. The molecule has 1 atom stereocenters. The molecule has 1 unspecified atom stereocenters. The molecule has 2 aromatic rings. The molecule has 0 fully saturated rings. The largest absolute Gasteiger partial charge is 0.378 e. The van der Waals surface area contributed by atoms with E-state index in [1.54, 1.807) is 12.1 Å². The number of hydrogen-bond donors (Lipinski definition) is 1. The van der Waals surface area contributed by atoms with E-state index >= 15 is 0 Å². The number of benzene rings is 2. The Bertz CT molecular complexity index is 634. The third-order valence-corrected chi connectivity index (χ3v) is 2.99. The molecule has 0 heterocycles. The Labute approximate surface area is 116 Å². The van der Waals surface area contributed by atoms with Crippen molar-refractivity contribution < 1.29 is 4.39 Å². The van der Waals surface area contributed by atoms with Crippen molar-refractivity contribution in [1.29, 1.82) is 5.26 Å². The van der Waals surface area contributed by atoms with Crippen molar-refractivity contribution in [2.45, 2.75) is 13.0 Å². The second kappa shape index (κ2) is 5.73. The van der Waals surface area contributed by atoms with E-state index < -0.39 is 5.82 Å². The molecule has 0 amide bonds. The first kappa shape index (κ1) is 13.4. The highest BCUT2D eigenvalue weighted by atomic mass is 35.5. The van der Waals surface area contributed by atoms with Gasteiger partial charge >= 0.3 is 0 Å². The first-order valence-electron chi connectivity index (χ1n) is 5.81. The van der Waals surface area contributed by atoms with E-state index in [0.717, 1.165) is 5.56 Å². The topological polar surface area (TPSA) is 35.8 Å². The maximum absolute atomic E-state index is 13.3. The van der Waals surface area contributed by atoms with Gasteiger partial charge in [-0.05, 0) is 42.8 Å². The van der Waals surface area contributed by atoms with Gasteiger partial charge in [-0.15, -0.1) is 0 Å². The molecule has 0 aliphatic heterocycles. The average Bonchev–Trinajstić information content (AvgIpc) is 2.38. The van der Waals surface area contributed by atoms with Crippen LogP contribution in [-0.4, -0.2) is 0 Å². The zero-order valence-electron chi connectivity index (χ0n) is 10.3. The van der Waals surface area contributed by atoms with E-state index in [9.17, 15) is 4.39 Å². The van der Waals surface area contributed by atoms with Gasteiger partial charge in [-0.25, -0.2) is 4.39 Å². The molecule has 0 radical (unpaired) electrons. The molecule has 0 aromatic heterocycles. The quantitative estimate of drug-likeness (QED) is 0.893. The van der Waals surface area contributed by atoms with Crippen LogP contribution in [0.2, 0.25) is 5.02 Å². The molecule has 0 aliphatic carbocycles. The predicted octanol–water partition coefficient (Wildman–Crippen LogP) is 4.52. The third-order valence-electron chi connectivity index (χ3n) is 2.76. The maximum atomic E-state index is 13.3. The van der Waals surface area contributed by atoms with Crippen LogP contribution in [0.15, 0.2) is 42.5 Å². The van der Waals surface area contributed by atoms with Gasteiger partial charge in [-0.3, -0.25) is 0 Å². The number of nitriles is 1. The lowest BCUT2D eigenvalue weighted by molar-refractivity contribution is 0.627. The standard InChI is InChI=1S/C15H12ClFN2/c1-10(12-3-2-4-13(16)7-12)19-15-6-11(9-18)5-14(17)8-15/h2-8,10,19H,1H3. The van der Waals surface area contributed by atoms with Crippen molar-refractivity contribution in [3.05, 3.63) is 64.4 Å². The van der Waals surface area contributed by atoms with Gasteiger partial charge < -0.3 is 5.32 Å². The average molecular weight is 275 g/mol. The van der Waals surface area contributed by atoms with Crippen LogP contribution < -0.4 is 5.32 Å². The molecule has 2 rings (SSSR count). The van der Waals surface area contributed by atoms with E-state index in [1.165, 1.54) is 12.1 Å². The van der Waals surface area contributed by atoms with Crippen LogP contribution in [0.4, 0.5) is 10.1 Å². The van der Waals surface area contributed by atoms with Gasteiger partial charge in [0.25, 0.3) is 0 Å².